The van der Waals surface area contributed by atoms with Crippen molar-refractivity contribution < 1.29 is 15.0 Å². The third-order valence-corrected chi connectivity index (χ3v) is 13.9. The molecule has 0 aliphatic heterocycles. The van der Waals surface area contributed by atoms with Crippen LogP contribution in [0, 0.1) is 0 Å². The maximum absolute atomic E-state index is 12.5. The molecule has 0 heterocycles. The Morgan fingerprint density at radius 1 is 0.357 bits per heavy atom. The van der Waals surface area contributed by atoms with Crippen molar-refractivity contribution in [3.63, 3.8) is 0 Å². The number of carbonyl (C=O) groups is 1. The Bertz CT molecular complexity index is 1240. The van der Waals surface area contributed by atoms with Crippen molar-refractivity contribution >= 4 is 5.91 Å². The molecular formula is C66H119NO3. The van der Waals surface area contributed by atoms with Crippen LogP contribution in [-0.4, -0.2) is 34.9 Å². The highest BCUT2D eigenvalue weighted by Gasteiger charge is 2.18. The fourth-order valence-corrected chi connectivity index (χ4v) is 9.24. The molecule has 0 spiro atoms. The number of aliphatic hydroxyl groups excluding tert-OH is 2. The van der Waals surface area contributed by atoms with Crippen molar-refractivity contribution in [3.05, 3.63) is 85.1 Å². The largest absolute Gasteiger partial charge is 0.394 e. The lowest BCUT2D eigenvalue weighted by molar-refractivity contribution is -0.123. The summed E-state index contributed by atoms with van der Waals surface area (Å²) in [5.41, 5.74) is 0. The minimum atomic E-state index is -0.842. The van der Waals surface area contributed by atoms with Crippen LogP contribution >= 0.6 is 0 Å². The molecule has 2 unspecified atom stereocenters. The number of unbranched alkanes of at least 4 members (excludes halogenated alkanes) is 37. The zero-order valence-corrected chi connectivity index (χ0v) is 46.8. The van der Waals surface area contributed by atoms with E-state index in [0.717, 1.165) is 64.2 Å². The van der Waals surface area contributed by atoms with Crippen molar-refractivity contribution in [1.29, 1.82) is 0 Å². The van der Waals surface area contributed by atoms with E-state index in [9.17, 15) is 15.0 Å². The highest BCUT2D eigenvalue weighted by atomic mass is 16.3. The molecule has 3 N–H and O–H groups in total. The molecule has 0 aliphatic carbocycles. The van der Waals surface area contributed by atoms with E-state index >= 15 is 0 Å². The number of rotatable bonds is 56. The van der Waals surface area contributed by atoms with Gasteiger partial charge in [-0.25, -0.2) is 0 Å². The maximum Gasteiger partial charge on any atom is 0.220 e. The molecule has 0 rings (SSSR count). The van der Waals surface area contributed by atoms with Crippen LogP contribution in [0.3, 0.4) is 0 Å². The van der Waals surface area contributed by atoms with Crippen LogP contribution in [-0.2, 0) is 4.79 Å². The summed E-state index contributed by atoms with van der Waals surface area (Å²) >= 11 is 0. The molecule has 0 aliphatic rings. The molecule has 0 radical (unpaired) electrons. The zero-order valence-electron chi connectivity index (χ0n) is 46.8. The number of aliphatic hydroxyl groups is 2. The van der Waals surface area contributed by atoms with Crippen molar-refractivity contribution in [2.24, 2.45) is 0 Å². The van der Waals surface area contributed by atoms with Crippen LogP contribution in [0.2, 0.25) is 0 Å². The van der Waals surface area contributed by atoms with E-state index in [1.165, 1.54) is 225 Å². The molecule has 2 atom stereocenters. The molecule has 0 aromatic heterocycles. The van der Waals surface area contributed by atoms with E-state index in [0.29, 0.717) is 6.42 Å². The first kappa shape index (κ1) is 67.6. The van der Waals surface area contributed by atoms with Crippen LogP contribution in [0.5, 0.6) is 0 Å². The van der Waals surface area contributed by atoms with Crippen LogP contribution in [0.15, 0.2) is 85.1 Å². The first-order chi connectivity index (χ1) is 34.7. The second kappa shape index (κ2) is 60.9. The van der Waals surface area contributed by atoms with Gasteiger partial charge in [0.2, 0.25) is 5.91 Å². The van der Waals surface area contributed by atoms with E-state index < -0.39 is 12.1 Å². The summed E-state index contributed by atoms with van der Waals surface area (Å²) in [5.74, 6) is -0.0614. The molecule has 0 saturated carbocycles. The number of hydrogen-bond acceptors (Lipinski definition) is 3. The second-order valence-electron chi connectivity index (χ2n) is 20.7. The predicted molar refractivity (Wildman–Crippen MR) is 313 cm³/mol. The average Bonchev–Trinajstić information content (AvgIpc) is 3.36. The quantitative estimate of drug-likeness (QED) is 0.0420. The SMILES string of the molecule is CC/C=C\C/C=C\C/C=C\C/C=C\C/C=C\C/C=C\CCCCCCCCCCCCCCCCCCCCC(=O)NC(CO)C(O)/C=C/CCCCCCCCCCCCCCCCCCCCC. The molecule has 0 bridgehead atoms. The summed E-state index contributed by atoms with van der Waals surface area (Å²) in [4.78, 5) is 12.5. The molecule has 4 heteroatoms. The molecule has 0 aromatic carbocycles. The number of carbonyl (C=O) groups excluding carboxylic acids is 1. The van der Waals surface area contributed by atoms with Crippen LogP contribution < -0.4 is 5.32 Å². The van der Waals surface area contributed by atoms with Gasteiger partial charge in [-0.1, -0.05) is 317 Å². The summed E-state index contributed by atoms with van der Waals surface area (Å²) in [6.45, 7) is 4.22. The molecule has 0 saturated heterocycles. The molecular weight excluding hydrogens is 855 g/mol. The molecule has 70 heavy (non-hydrogen) atoms. The highest BCUT2D eigenvalue weighted by Crippen LogP contribution is 2.17. The standard InChI is InChI=1S/C66H119NO3/c1-3-5-7-9-11-13-15-17-19-21-23-25-26-27-28-29-30-31-32-33-34-35-36-37-38-39-40-42-44-46-48-50-52-54-56-58-60-62-66(70)67-64(63-68)65(69)61-59-57-55-53-51-49-47-45-43-41-24-22-20-18-16-14-12-10-8-6-4-2/h5,7,11,13,17,19,23,25,27-28,30-31,59,61,64-65,68-69H,3-4,6,8-10,12,14-16,18,20-22,24,26,29,32-58,60,62-63H2,1-2H3,(H,67,70)/b7-5-,13-11-,19-17-,25-23-,28-27-,31-30-,61-59+. The van der Waals surface area contributed by atoms with Gasteiger partial charge in [0.1, 0.15) is 0 Å². The maximum atomic E-state index is 12.5. The van der Waals surface area contributed by atoms with Gasteiger partial charge >= 0.3 is 0 Å². The van der Waals surface area contributed by atoms with E-state index in [2.05, 4.69) is 92.1 Å². The van der Waals surface area contributed by atoms with Crippen LogP contribution in [0.4, 0.5) is 0 Å². The molecule has 406 valence electrons. The highest BCUT2D eigenvalue weighted by molar-refractivity contribution is 5.76. The monoisotopic (exact) mass is 974 g/mol. The van der Waals surface area contributed by atoms with Crippen molar-refractivity contribution in [2.75, 3.05) is 6.61 Å². The summed E-state index contributed by atoms with van der Waals surface area (Å²) < 4.78 is 0. The Balaban J connectivity index is 3.48. The van der Waals surface area contributed by atoms with Gasteiger partial charge in [-0.2, -0.15) is 0 Å². The van der Waals surface area contributed by atoms with Gasteiger partial charge in [0.05, 0.1) is 18.8 Å². The molecule has 1 amide bonds. The predicted octanol–water partition coefficient (Wildman–Crippen LogP) is 20.7. The van der Waals surface area contributed by atoms with Crippen LogP contribution in [0.1, 0.15) is 309 Å². The molecule has 0 aromatic rings. The van der Waals surface area contributed by atoms with Gasteiger partial charge in [0, 0.05) is 6.42 Å². The Labute approximate surface area is 437 Å². The Morgan fingerprint density at radius 2 is 0.629 bits per heavy atom. The lowest BCUT2D eigenvalue weighted by atomic mass is 10.0. The van der Waals surface area contributed by atoms with E-state index in [1.807, 2.05) is 6.08 Å². The summed E-state index contributed by atoms with van der Waals surface area (Å²) in [5, 5.41) is 23.2. The Morgan fingerprint density at radius 3 is 0.943 bits per heavy atom. The number of amides is 1. The van der Waals surface area contributed by atoms with E-state index in [1.54, 1.807) is 6.08 Å². The van der Waals surface area contributed by atoms with E-state index in [-0.39, 0.29) is 12.5 Å². The number of nitrogens with one attached hydrogen (secondary N) is 1. The van der Waals surface area contributed by atoms with Gasteiger partial charge < -0.3 is 15.5 Å². The lowest BCUT2D eigenvalue weighted by Crippen LogP contribution is -2.45. The molecule has 0 fully saturated rings. The van der Waals surface area contributed by atoms with Gasteiger partial charge in [-0.3, -0.25) is 4.79 Å². The second-order valence-corrected chi connectivity index (χ2v) is 20.7. The van der Waals surface area contributed by atoms with E-state index in [4.69, 9.17) is 0 Å². The number of allylic oxidation sites excluding steroid dienone is 13. The minimum absolute atomic E-state index is 0.0614. The normalized spacial score (nSPS) is 13.4. The fourth-order valence-electron chi connectivity index (χ4n) is 9.24. The number of hydrogen-bond donors (Lipinski definition) is 3. The van der Waals surface area contributed by atoms with Gasteiger partial charge in [-0.05, 0) is 70.6 Å². The van der Waals surface area contributed by atoms with Crippen molar-refractivity contribution in [3.8, 4) is 0 Å². The van der Waals surface area contributed by atoms with Gasteiger partial charge in [-0.15, -0.1) is 0 Å². The zero-order chi connectivity index (χ0) is 50.6. The fraction of sp³-hybridized carbons (Fsp3) is 0.773. The summed E-state index contributed by atoms with van der Waals surface area (Å²) in [7, 11) is 0. The molecule has 4 nitrogen and oxygen atoms in total. The average molecular weight is 975 g/mol. The summed E-state index contributed by atoms with van der Waals surface area (Å²) in [6.07, 6.45) is 89.1. The first-order valence-electron chi connectivity index (χ1n) is 30.8. The van der Waals surface area contributed by atoms with Gasteiger partial charge in [0.15, 0.2) is 0 Å². The topological polar surface area (TPSA) is 69.6 Å². The Hall–Kier alpha value is -2.43. The van der Waals surface area contributed by atoms with Crippen LogP contribution in [0.25, 0.3) is 0 Å². The third kappa shape index (κ3) is 56.5. The van der Waals surface area contributed by atoms with Gasteiger partial charge in [0.25, 0.3) is 0 Å². The Kier molecular flexibility index (Phi) is 58.8. The van der Waals surface area contributed by atoms with Crippen molar-refractivity contribution in [2.45, 2.75) is 321 Å². The first-order valence-corrected chi connectivity index (χ1v) is 30.8. The van der Waals surface area contributed by atoms with Crippen molar-refractivity contribution in [1.82, 2.24) is 5.32 Å². The smallest absolute Gasteiger partial charge is 0.220 e. The minimum Gasteiger partial charge on any atom is -0.394 e. The lowest BCUT2D eigenvalue weighted by Gasteiger charge is -2.20. The summed E-state index contributed by atoms with van der Waals surface area (Å²) in [6, 6.07) is -0.625. The third-order valence-electron chi connectivity index (χ3n) is 13.9.